The Morgan fingerprint density at radius 3 is 2.71 bits per heavy atom. The summed E-state index contributed by atoms with van der Waals surface area (Å²) in [7, 11) is 0. The van der Waals surface area contributed by atoms with Crippen molar-refractivity contribution in [3.05, 3.63) is 81.9 Å². The highest BCUT2D eigenvalue weighted by atomic mass is 35.5. The quantitative estimate of drug-likeness (QED) is 0.540. The average molecular weight is 397 g/mol. The minimum Gasteiger partial charge on any atom is -0.408 e. The Kier molecular flexibility index (Phi) is 4.99. The molecule has 0 aliphatic carbocycles. The largest absolute Gasteiger partial charge is 0.419 e. The molecule has 8 heteroatoms. The predicted octanol–water partition coefficient (Wildman–Crippen LogP) is 3.52. The molecule has 0 atom stereocenters. The number of amides is 1. The molecule has 0 unspecified atom stereocenters. The number of aromatic nitrogens is 3. The summed E-state index contributed by atoms with van der Waals surface area (Å²) in [4.78, 5) is 24.4. The second-order valence-electron chi connectivity index (χ2n) is 6.29. The fourth-order valence-corrected chi connectivity index (χ4v) is 3.10. The number of fused-ring (bicyclic) bond motifs is 1. The van der Waals surface area contributed by atoms with Crippen molar-refractivity contribution in [2.24, 2.45) is 0 Å². The topological polar surface area (TPSA) is 82.1 Å². The molecular weight excluding hydrogens is 380 g/mol. The third-order valence-corrected chi connectivity index (χ3v) is 4.62. The summed E-state index contributed by atoms with van der Waals surface area (Å²) in [6, 6.07) is 16.3. The molecule has 7 nitrogen and oxygen atoms in total. The predicted molar refractivity (Wildman–Crippen MR) is 107 cm³/mol. The molecule has 0 spiro atoms. The van der Waals surface area contributed by atoms with Crippen molar-refractivity contribution in [1.82, 2.24) is 14.3 Å². The first-order valence-corrected chi connectivity index (χ1v) is 9.12. The number of oxazole rings is 1. The number of rotatable bonds is 6. The summed E-state index contributed by atoms with van der Waals surface area (Å²) in [5, 5.41) is 7.76. The first kappa shape index (κ1) is 18.1. The molecule has 0 radical (unpaired) electrons. The minimum atomic E-state index is -0.471. The zero-order valence-corrected chi connectivity index (χ0v) is 15.6. The molecule has 0 saturated heterocycles. The second-order valence-corrected chi connectivity index (χ2v) is 6.72. The second kappa shape index (κ2) is 7.74. The first-order chi connectivity index (χ1) is 13.6. The number of aryl methyl sites for hydroxylation is 1. The molecular formula is C20H17ClN4O3. The van der Waals surface area contributed by atoms with Crippen molar-refractivity contribution < 1.29 is 9.21 Å². The number of hydrogen-bond acceptors (Lipinski definition) is 4. The fourth-order valence-electron chi connectivity index (χ4n) is 2.97. The summed E-state index contributed by atoms with van der Waals surface area (Å²) >= 11 is 5.91. The number of para-hydroxylation sites is 2. The van der Waals surface area contributed by atoms with E-state index in [2.05, 4.69) is 10.4 Å². The van der Waals surface area contributed by atoms with Gasteiger partial charge in [-0.15, -0.1) is 0 Å². The minimum absolute atomic E-state index is 0.134. The third-order valence-electron chi connectivity index (χ3n) is 4.37. The lowest BCUT2D eigenvalue weighted by molar-refractivity contribution is -0.116. The van der Waals surface area contributed by atoms with E-state index in [0.717, 1.165) is 5.56 Å². The first-order valence-electron chi connectivity index (χ1n) is 8.74. The van der Waals surface area contributed by atoms with Gasteiger partial charge in [0.15, 0.2) is 5.58 Å². The number of carbonyl (C=O) groups excluding carboxylic acids is 1. The Labute approximate surface area is 165 Å². The van der Waals surface area contributed by atoms with Crippen LogP contribution in [-0.4, -0.2) is 20.3 Å². The molecule has 0 saturated carbocycles. The Morgan fingerprint density at radius 2 is 1.89 bits per heavy atom. The van der Waals surface area contributed by atoms with Gasteiger partial charge in [-0.2, -0.15) is 5.10 Å². The molecule has 1 N–H and O–H groups in total. The molecule has 4 rings (SSSR count). The zero-order chi connectivity index (χ0) is 19.5. The Morgan fingerprint density at radius 1 is 1.11 bits per heavy atom. The Hall–Kier alpha value is -3.32. The standard InChI is InChI=1S/C20H17ClN4O3/c21-15-7-5-14(6-8-15)13-25-18(9-11-22-25)23-19(26)10-12-24-16-3-1-2-4-17(16)28-20(24)27/h1-9,11H,10,12-13H2,(H,23,26). The lowest BCUT2D eigenvalue weighted by Crippen LogP contribution is -2.21. The van der Waals surface area contributed by atoms with Crippen LogP contribution in [0.3, 0.4) is 0 Å². The van der Waals surface area contributed by atoms with Gasteiger partial charge in [0.2, 0.25) is 5.91 Å². The van der Waals surface area contributed by atoms with E-state index < -0.39 is 5.76 Å². The van der Waals surface area contributed by atoms with E-state index in [-0.39, 0.29) is 18.9 Å². The molecule has 1 amide bonds. The van der Waals surface area contributed by atoms with E-state index in [9.17, 15) is 9.59 Å². The van der Waals surface area contributed by atoms with E-state index in [4.69, 9.17) is 16.0 Å². The molecule has 0 fully saturated rings. The molecule has 4 aromatic rings. The summed E-state index contributed by atoms with van der Waals surface area (Å²) in [5.74, 6) is -0.0961. The summed E-state index contributed by atoms with van der Waals surface area (Å²) in [6.07, 6.45) is 1.76. The van der Waals surface area contributed by atoms with Crippen LogP contribution in [0.15, 0.2) is 70.0 Å². The van der Waals surface area contributed by atoms with Crippen molar-refractivity contribution in [2.45, 2.75) is 19.5 Å². The summed E-state index contributed by atoms with van der Waals surface area (Å²) in [6.45, 7) is 0.735. The number of anilines is 1. The average Bonchev–Trinajstić information content (AvgIpc) is 3.25. The molecule has 142 valence electrons. The van der Waals surface area contributed by atoms with Crippen LogP contribution in [-0.2, 0) is 17.9 Å². The van der Waals surface area contributed by atoms with Crippen LogP contribution in [0.5, 0.6) is 0 Å². The highest BCUT2D eigenvalue weighted by molar-refractivity contribution is 6.30. The summed E-state index contributed by atoms with van der Waals surface area (Å²) in [5.41, 5.74) is 2.20. The van der Waals surface area contributed by atoms with Gasteiger partial charge >= 0.3 is 5.76 Å². The maximum Gasteiger partial charge on any atom is 0.419 e. The lowest BCUT2D eigenvalue weighted by Gasteiger charge is -2.09. The van der Waals surface area contributed by atoms with Crippen molar-refractivity contribution in [1.29, 1.82) is 0 Å². The number of halogens is 1. The number of benzene rings is 2. The molecule has 2 aromatic heterocycles. The number of carbonyl (C=O) groups is 1. The van der Waals surface area contributed by atoms with Gasteiger partial charge in [-0.05, 0) is 29.8 Å². The van der Waals surface area contributed by atoms with Gasteiger partial charge in [-0.25, -0.2) is 9.48 Å². The third kappa shape index (κ3) is 3.84. The van der Waals surface area contributed by atoms with Gasteiger partial charge in [-0.3, -0.25) is 9.36 Å². The zero-order valence-electron chi connectivity index (χ0n) is 14.8. The van der Waals surface area contributed by atoms with Crippen LogP contribution in [0.4, 0.5) is 5.82 Å². The van der Waals surface area contributed by atoms with Crippen LogP contribution in [0.2, 0.25) is 5.02 Å². The SMILES string of the molecule is O=C(CCn1c(=O)oc2ccccc21)Nc1ccnn1Cc1ccc(Cl)cc1. The molecule has 0 bridgehead atoms. The fraction of sp³-hybridized carbons (Fsp3) is 0.150. The number of hydrogen-bond donors (Lipinski definition) is 1. The number of nitrogens with zero attached hydrogens (tertiary/aromatic N) is 3. The van der Waals surface area contributed by atoms with E-state index in [0.29, 0.717) is 28.5 Å². The van der Waals surface area contributed by atoms with Crippen molar-refractivity contribution in [2.75, 3.05) is 5.32 Å². The van der Waals surface area contributed by atoms with Crippen LogP contribution in [0, 0.1) is 0 Å². The van der Waals surface area contributed by atoms with Gasteiger partial charge in [-0.1, -0.05) is 35.9 Å². The van der Waals surface area contributed by atoms with Crippen molar-refractivity contribution in [3.8, 4) is 0 Å². The van der Waals surface area contributed by atoms with Crippen molar-refractivity contribution in [3.63, 3.8) is 0 Å². The van der Waals surface area contributed by atoms with Gasteiger partial charge in [0.05, 0.1) is 18.3 Å². The molecule has 0 aliphatic rings. The van der Waals surface area contributed by atoms with Crippen LogP contribution in [0.1, 0.15) is 12.0 Å². The van der Waals surface area contributed by atoms with E-state index >= 15 is 0 Å². The monoisotopic (exact) mass is 396 g/mol. The van der Waals surface area contributed by atoms with Crippen LogP contribution < -0.4 is 11.1 Å². The molecule has 0 aliphatic heterocycles. The van der Waals surface area contributed by atoms with Gasteiger partial charge in [0, 0.05) is 24.1 Å². The smallest absolute Gasteiger partial charge is 0.408 e. The maximum atomic E-state index is 12.4. The van der Waals surface area contributed by atoms with Crippen LogP contribution >= 0.6 is 11.6 Å². The Bertz CT molecular complexity index is 1170. The van der Waals surface area contributed by atoms with E-state index in [1.54, 1.807) is 35.1 Å². The normalized spacial score (nSPS) is 11.0. The molecule has 2 aromatic carbocycles. The molecule has 28 heavy (non-hydrogen) atoms. The Balaban J connectivity index is 1.42. The maximum absolute atomic E-state index is 12.4. The summed E-state index contributed by atoms with van der Waals surface area (Å²) < 4.78 is 8.34. The number of nitrogens with one attached hydrogen (secondary N) is 1. The van der Waals surface area contributed by atoms with Gasteiger partial charge in [0.1, 0.15) is 5.82 Å². The van der Waals surface area contributed by atoms with E-state index in [1.165, 1.54) is 4.57 Å². The van der Waals surface area contributed by atoms with Crippen LogP contribution in [0.25, 0.3) is 11.1 Å². The van der Waals surface area contributed by atoms with E-state index in [1.807, 2.05) is 30.3 Å². The highest BCUT2D eigenvalue weighted by Crippen LogP contribution is 2.15. The lowest BCUT2D eigenvalue weighted by atomic mass is 10.2. The highest BCUT2D eigenvalue weighted by Gasteiger charge is 2.12. The van der Waals surface area contributed by atoms with Gasteiger partial charge in [0.25, 0.3) is 0 Å². The van der Waals surface area contributed by atoms with Gasteiger partial charge < -0.3 is 9.73 Å². The van der Waals surface area contributed by atoms with Crippen molar-refractivity contribution >= 4 is 34.4 Å². The molecule has 2 heterocycles.